The number of fused-ring (bicyclic) bond motifs is 5. The van der Waals surface area contributed by atoms with Crippen LogP contribution in [0.5, 0.6) is 0 Å². The zero-order chi connectivity index (χ0) is 28.7. The molecule has 7 rings (SSSR count). The van der Waals surface area contributed by atoms with Gasteiger partial charge in [0.2, 0.25) is 5.43 Å². The maximum absolute atomic E-state index is 15.6. The molecule has 5 aromatic rings. The van der Waals surface area contributed by atoms with Crippen LogP contribution in [0.1, 0.15) is 10.4 Å². The molecule has 2 unspecified atom stereocenters. The van der Waals surface area contributed by atoms with Crippen LogP contribution >= 0.6 is 0 Å². The fourth-order valence-electron chi connectivity index (χ4n) is 6.22. The third kappa shape index (κ3) is 3.62. The molecular formula is C28H24F2N6O5. The van der Waals surface area contributed by atoms with Crippen molar-refractivity contribution in [2.75, 3.05) is 37.0 Å². The molecule has 0 bridgehead atoms. The van der Waals surface area contributed by atoms with Crippen LogP contribution in [0.2, 0.25) is 0 Å². The maximum atomic E-state index is 15.6. The number of carboxylic acid groups (broad SMARTS) is 1. The largest absolute Gasteiger partial charge is 0.477 e. The fraction of sp³-hybridized carbons (Fsp3) is 0.286. The Morgan fingerprint density at radius 2 is 2.00 bits per heavy atom. The van der Waals surface area contributed by atoms with Gasteiger partial charge >= 0.3 is 5.97 Å². The van der Waals surface area contributed by atoms with Gasteiger partial charge in [0.1, 0.15) is 16.9 Å². The first-order valence-electron chi connectivity index (χ1n) is 13.0. The van der Waals surface area contributed by atoms with Crippen molar-refractivity contribution >= 4 is 50.3 Å². The van der Waals surface area contributed by atoms with E-state index in [-0.39, 0.29) is 35.0 Å². The summed E-state index contributed by atoms with van der Waals surface area (Å²) in [5, 5.41) is 23.4. The lowest BCUT2D eigenvalue weighted by Crippen LogP contribution is -2.26. The number of carboxylic acids is 1. The van der Waals surface area contributed by atoms with Crippen molar-refractivity contribution in [2.24, 2.45) is 13.0 Å². The zero-order valence-corrected chi connectivity index (χ0v) is 21.9. The molecule has 0 aliphatic carbocycles. The minimum atomic E-state index is -1.36. The van der Waals surface area contributed by atoms with Crippen LogP contribution in [0.3, 0.4) is 0 Å². The number of hydrogen-bond acceptors (Lipinski definition) is 8. The van der Waals surface area contributed by atoms with Gasteiger partial charge in [-0.25, -0.2) is 23.5 Å². The van der Waals surface area contributed by atoms with Crippen LogP contribution in [-0.4, -0.2) is 74.7 Å². The van der Waals surface area contributed by atoms with E-state index in [2.05, 4.69) is 20.3 Å². The van der Waals surface area contributed by atoms with E-state index in [9.17, 15) is 24.2 Å². The second-order valence-electron chi connectivity index (χ2n) is 10.5. The molecule has 0 saturated carbocycles. The first-order valence-corrected chi connectivity index (χ1v) is 13.0. The summed E-state index contributed by atoms with van der Waals surface area (Å²) in [6, 6.07) is 2.61. The number of carbonyl (C=O) groups is 1. The lowest BCUT2D eigenvalue weighted by molar-refractivity contribution is 0.0695. The Morgan fingerprint density at radius 1 is 1.20 bits per heavy atom. The molecule has 1 aromatic carbocycles. The number of aryl methyl sites for hydroxylation is 1. The highest BCUT2D eigenvalue weighted by Gasteiger charge is 2.44. The normalized spacial score (nSPS) is 20.4. The van der Waals surface area contributed by atoms with Crippen LogP contribution in [0, 0.1) is 17.6 Å². The molecule has 0 spiro atoms. The first-order chi connectivity index (χ1) is 19.7. The van der Waals surface area contributed by atoms with Crippen LogP contribution in [0.4, 0.5) is 20.2 Å². The zero-order valence-electron chi connectivity index (χ0n) is 21.9. The summed E-state index contributed by atoms with van der Waals surface area (Å²) in [5.41, 5.74) is 1.59. The molecule has 2 fully saturated rings. The number of nitrogens with one attached hydrogen (secondary N) is 2. The molecule has 41 heavy (non-hydrogen) atoms. The summed E-state index contributed by atoms with van der Waals surface area (Å²) in [6.07, 6.45) is 3.37. The molecule has 4 N–H and O–H groups in total. The van der Waals surface area contributed by atoms with Gasteiger partial charge in [0.15, 0.2) is 11.6 Å². The Labute approximate surface area is 230 Å². The molecule has 11 nitrogen and oxygen atoms in total. The number of aromatic amines is 1. The lowest BCUT2D eigenvalue weighted by Gasteiger charge is -2.24. The Kier molecular flexibility index (Phi) is 5.53. The highest BCUT2D eigenvalue weighted by Crippen LogP contribution is 2.45. The van der Waals surface area contributed by atoms with Crippen LogP contribution in [-0.2, 0) is 11.8 Å². The third-order valence-corrected chi connectivity index (χ3v) is 8.19. The smallest absolute Gasteiger partial charge is 0.341 e. The number of rotatable bonds is 4. The van der Waals surface area contributed by atoms with Crippen molar-refractivity contribution < 1.29 is 28.5 Å². The topological polar surface area (TPSA) is 146 Å². The first kappa shape index (κ1) is 25.4. The Hall–Kier alpha value is -4.62. The predicted octanol–water partition coefficient (Wildman–Crippen LogP) is 2.84. The number of pyridine rings is 3. The van der Waals surface area contributed by atoms with E-state index < -0.39 is 34.7 Å². The van der Waals surface area contributed by atoms with Crippen molar-refractivity contribution in [1.29, 1.82) is 0 Å². The third-order valence-electron chi connectivity index (χ3n) is 8.19. The van der Waals surface area contributed by atoms with Crippen molar-refractivity contribution in [3.05, 3.63) is 58.1 Å². The second kappa shape index (κ2) is 8.94. The number of anilines is 2. The van der Waals surface area contributed by atoms with E-state index in [0.29, 0.717) is 52.1 Å². The summed E-state index contributed by atoms with van der Waals surface area (Å²) >= 11 is 0. The number of benzene rings is 1. The molecule has 4 aromatic heterocycles. The van der Waals surface area contributed by atoms with Crippen LogP contribution in [0.25, 0.3) is 44.1 Å². The van der Waals surface area contributed by atoms with Crippen molar-refractivity contribution in [1.82, 2.24) is 19.5 Å². The van der Waals surface area contributed by atoms with Crippen molar-refractivity contribution in [2.45, 2.75) is 12.2 Å². The number of aromatic carboxylic acids is 1. The standard InChI is InChI=1S/C28H24F2N6O5/c1-31-17-4-16(29)22(30)20-21-24(36-8-14-18(37)10-41-19(14)9-36)13(6-32-26(21)34-23(17)20)11-3-12-25(38)15(28(39)40)7-35(2)27(12)33-5-11/h3-7,14,18-19,31,37H,8-10H2,1-2H3,(H,32,34)(H,39,40)/t14-,18?,19?/m1/s1. The summed E-state index contributed by atoms with van der Waals surface area (Å²) in [4.78, 5) is 38.9. The van der Waals surface area contributed by atoms with Gasteiger partial charge < -0.3 is 34.7 Å². The maximum Gasteiger partial charge on any atom is 0.341 e. The Bertz CT molecular complexity index is 1990. The van der Waals surface area contributed by atoms with E-state index in [1.165, 1.54) is 23.0 Å². The number of halogens is 2. The van der Waals surface area contributed by atoms with E-state index in [1.54, 1.807) is 20.3 Å². The predicted molar refractivity (Wildman–Crippen MR) is 147 cm³/mol. The Balaban J connectivity index is 1.55. The molecular weight excluding hydrogens is 538 g/mol. The highest BCUT2D eigenvalue weighted by molar-refractivity contribution is 6.18. The minimum absolute atomic E-state index is 0.00468. The van der Waals surface area contributed by atoms with E-state index in [1.807, 2.05) is 4.90 Å². The van der Waals surface area contributed by atoms with E-state index >= 15 is 4.39 Å². The monoisotopic (exact) mass is 562 g/mol. The molecule has 3 atom stereocenters. The average molecular weight is 563 g/mol. The van der Waals surface area contributed by atoms with Crippen LogP contribution in [0.15, 0.2) is 35.5 Å². The fourth-order valence-corrected chi connectivity index (χ4v) is 6.22. The molecule has 6 heterocycles. The number of H-pyrrole nitrogens is 1. The summed E-state index contributed by atoms with van der Waals surface area (Å²) in [6.45, 7) is 0.985. The van der Waals surface area contributed by atoms with E-state index in [4.69, 9.17) is 4.74 Å². The second-order valence-corrected chi connectivity index (χ2v) is 10.5. The number of hydrogen-bond donors (Lipinski definition) is 4. The molecule has 2 aliphatic heterocycles. The van der Waals surface area contributed by atoms with Crippen molar-refractivity contribution in [3.63, 3.8) is 0 Å². The number of ether oxygens (including phenoxy) is 1. The summed E-state index contributed by atoms with van der Waals surface area (Å²) < 4.78 is 37.6. The van der Waals surface area contributed by atoms with Gasteiger partial charge in [-0.05, 0) is 6.07 Å². The Morgan fingerprint density at radius 3 is 2.73 bits per heavy atom. The van der Waals surface area contributed by atoms with E-state index in [0.717, 1.165) is 6.07 Å². The lowest BCUT2D eigenvalue weighted by atomic mass is 10.0. The van der Waals surface area contributed by atoms with Gasteiger partial charge in [-0.1, -0.05) is 0 Å². The number of aromatic nitrogens is 4. The quantitative estimate of drug-likeness (QED) is 0.260. The molecule has 0 amide bonds. The van der Waals surface area contributed by atoms with Gasteiger partial charge in [0.25, 0.3) is 0 Å². The molecule has 13 heteroatoms. The van der Waals surface area contributed by atoms with Crippen LogP contribution < -0.4 is 15.6 Å². The molecule has 2 saturated heterocycles. The van der Waals surface area contributed by atoms with Gasteiger partial charge in [0.05, 0.1) is 51.9 Å². The summed E-state index contributed by atoms with van der Waals surface area (Å²) in [7, 11) is 3.20. The molecule has 210 valence electrons. The van der Waals surface area contributed by atoms with Gasteiger partial charge in [-0.2, -0.15) is 0 Å². The molecule has 0 radical (unpaired) electrons. The number of aliphatic hydroxyl groups excluding tert-OH is 1. The number of nitrogens with zero attached hydrogens (tertiary/aromatic N) is 4. The number of aliphatic hydroxyl groups is 1. The summed E-state index contributed by atoms with van der Waals surface area (Å²) in [5.74, 6) is -3.63. The van der Waals surface area contributed by atoms with Gasteiger partial charge in [-0.3, -0.25) is 4.79 Å². The van der Waals surface area contributed by atoms with Gasteiger partial charge in [0, 0.05) is 68.9 Å². The minimum Gasteiger partial charge on any atom is -0.477 e. The highest BCUT2D eigenvalue weighted by atomic mass is 19.2. The van der Waals surface area contributed by atoms with Gasteiger partial charge in [-0.15, -0.1) is 0 Å². The molecule has 2 aliphatic rings. The van der Waals surface area contributed by atoms with Crippen molar-refractivity contribution in [3.8, 4) is 11.1 Å². The average Bonchev–Trinajstić information content (AvgIpc) is 3.65. The SMILES string of the molecule is CNc1cc(F)c(F)c2c1[nH]c1ncc(-c3cnc4c(c3)c(=O)c(C(=O)O)cn4C)c(N3CC4OCC(O)[C@H]4C3)c12.